The van der Waals surface area contributed by atoms with Crippen molar-refractivity contribution >= 4 is 29.9 Å². The number of likely N-dealkylation sites (tertiary alicyclic amines) is 1. The number of nitrogens with one attached hydrogen (secondary N) is 1. The Bertz CT molecular complexity index is 745. The summed E-state index contributed by atoms with van der Waals surface area (Å²) >= 11 is 0. The Morgan fingerprint density at radius 2 is 1.68 bits per heavy atom. The fourth-order valence-corrected chi connectivity index (χ4v) is 4.01. The van der Waals surface area contributed by atoms with Crippen LogP contribution in [-0.2, 0) is 0 Å². The van der Waals surface area contributed by atoms with Crippen LogP contribution >= 0.6 is 24.0 Å². The standard InChI is InChI=1S/C23H29N3O.HI/c1-24-23(25-17-19-16-22(19)18-8-4-2-5-9-18)26-14-12-21(13-15-26)27-20-10-6-3-7-11-20;/h2-11,19,21-22H,12-17H2,1H3,(H,24,25);1H. The lowest BCUT2D eigenvalue weighted by Crippen LogP contribution is -2.48. The van der Waals surface area contributed by atoms with E-state index >= 15 is 0 Å². The molecule has 150 valence electrons. The highest BCUT2D eigenvalue weighted by atomic mass is 127. The number of aliphatic imine (C=N–C) groups is 1. The molecule has 5 heteroatoms. The maximum absolute atomic E-state index is 6.10. The molecule has 4 nitrogen and oxygen atoms in total. The lowest BCUT2D eigenvalue weighted by molar-refractivity contribution is 0.129. The van der Waals surface area contributed by atoms with Crippen LogP contribution in [0.3, 0.4) is 0 Å². The van der Waals surface area contributed by atoms with Crippen LogP contribution in [0.5, 0.6) is 5.75 Å². The summed E-state index contributed by atoms with van der Waals surface area (Å²) in [5.41, 5.74) is 1.47. The van der Waals surface area contributed by atoms with Crippen molar-refractivity contribution in [3.63, 3.8) is 0 Å². The molecule has 1 aliphatic heterocycles. The number of guanidine groups is 1. The van der Waals surface area contributed by atoms with Crippen molar-refractivity contribution in [1.29, 1.82) is 0 Å². The van der Waals surface area contributed by atoms with Gasteiger partial charge in [-0.25, -0.2) is 0 Å². The van der Waals surface area contributed by atoms with Gasteiger partial charge in [0.1, 0.15) is 11.9 Å². The fourth-order valence-electron chi connectivity index (χ4n) is 4.01. The number of hydrogen-bond donors (Lipinski definition) is 1. The maximum Gasteiger partial charge on any atom is 0.193 e. The molecule has 2 unspecified atom stereocenters. The molecule has 0 amide bonds. The maximum atomic E-state index is 6.10. The topological polar surface area (TPSA) is 36.9 Å². The third kappa shape index (κ3) is 5.40. The minimum atomic E-state index is 0. The van der Waals surface area contributed by atoms with Crippen LogP contribution in [-0.4, -0.2) is 43.6 Å². The second-order valence-electron chi connectivity index (χ2n) is 7.56. The highest BCUT2D eigenvalue weighted by Gasteiger charge is 2.38. The third-order valence-electron chi connectivity index (χ3n) is 5.67. The highest BCUT2D eigenvalue weighted by Crippen LogP contribution is 2.46. The van der Waals surface area contributed by atoms with Gasteiger partial charge in [-0.1, -0.05) is 48.5 Å². The van der Waals surface area contributed by atoms with Crippen LogP contribution in [0, 0.1) is 5.92 Å². The molecule has 28 heavy (non-hydrogen) atoms. The minimum absolute atomic E-state index is 0. The van der Waals surface area contributed by atoms with Crippen molar-refractivity contribution < 1.29 is 4.74 Å². The van der Waals surface area contributed by atoms with Crippen LogP contribution in [0.4, 0.5) is 0 Å². The molecule has 2 fully saturated rings. The molecule has 0 spiro atoms. The molecule has 1 heterocycles. The summed E-state index contributed by atoms with van der Waals surface area (Å²) in [6.45, 7) is 2.99. The van der Waals surface area contributed by atoms with Gasteiger partial charge in [0.15, 0.2) is 5.96 Å². The second kappa shape index (κ2) is 10.1. The van der Waals surface area contributed by atoms with E-state index in [4.69, 9.17) is 4.74 Å². The van der Waals surface area contributed by atoms with E-state index in [0.29, 0.717) is 12.0 Å². The van der Waals surface area contributed by atoms with Crippen LogP contribution in [0.15, 0.2) is 65.7 Å². The first-order chi connectivity index (χ1) is 13.3. The molecule has 2 aromatic carbocycles. The van der Waals surface area contributed by atoms with Crippen molar-refractivity contribution in [1.82, 2.24) is 10.2 Å². The van der Waals surface area contributed by atoms with Crippen molar-refractivity contribution in [2.75, 3.05) is 26.7 Å². The molecular formula is C23H30IN3O. The van der Waals surface area contributed by atoms with E-state index < -0.39 is 0 Å². The summed E-state index contributed by atoms with van der Waals surface area (Å²) in [5, 5.41) is 3.60. The number of benzene rings is 2. The van der Waals surface area contributed by atoms with Crippen molar-refractivity contribution in [2.24, 2.45) is 10.9 Å². The zero-order chi connectivity index (χ0) is 18.5. The van der Waals surface area contributed by atoms with E-state index in [1.807, 2.05) is 37.4 Å². The van der Waals surface area contributed by atoms with Gasteiger partial charge in [-0.2, -0.15) is 0 Å². The predicted octanol–water partition coefficient (Wildman–Crippen LogP) is 4.53. The van der Waals surface area contributed by atoms with Crippen LogP contribution in [0.2, 0.25) is 0 Å². The molecule has 0 aromatic heterocycles. The van der Waals surface area contributed by atoms with Crippen LogP contribution < -0.4 is 10.1 Å². The Balaban J connectivity index is 0.00000225. The zero-order valence-corrected chi connectivity index (χ0v) is 18.8. The molecule has 4 rings (SSSR count). The first kappa shape index (κ1) is 21.0. The van der Waals surface area contributed by atoms with Gasteiger partial charge in [-0.3, -0.25) is 4.99 Å². The summed E-state index contributed by atoms with van der Waals surface area (Å²) in [6.07, 6.45) is 3.64. The molecule has 2 aromatic rings. The Morgan fingerprint density at radius 1 is 1.04 bits per heavy atom. The van der Waals surface area contributed by atoms with E-state index in [-0.39, 0.29) is 24.0 Å². The third-order valence-corrected chi connectivity index (χ3v) is 5.67. The first-order valence-corrected chi connectivity index (χ1v) is 10.1. The van der Waals surface area contributed by atoms with Gasteiger partial charge >= 0.3 is 0 Å². The monoisotopic (exact) mass is 491 g/mol. The predicted molar refractivity (Wildman–Crippen MR) is 126 cm³/mol. The molecule has 0 bridgehead atoms. The highest BCUT2D eigenvalue weighted by molar-refractivity contribution is 14.0. The van der Waals surface area contributed by atoms with Gasteiger partial charge in [0.05, 0.1) is 0 Å². The normalized spacial score (nSPS) is 22.3. The largest absolute Gasteiger partial charge is 0.490 e. The molecular weight excluding hydrogens is 461 g/mol. The van der Waals surface area contributed by atoms with Gasteiger partial charge in [0.25, 0.3) is 0 Å². The van der Waals surface area contributed by atoms with Gasteiger partial charge in [0.2, 0.25) is 0 Å². The molecule has 1 saturated heterocycles. The molecule has 0 radical (unpaired) electrons. The SMILES string of the molecule is CN=C(NCC1CC1c1ccccc1)N1CCC(Oc2ccccc2)CC1.I. The first-order valence-electron chi connectivity index (χ1n) is 10.1. The van der Waals surface area contributed by atoms with Crippen molar-refractivity contribution in [2.45, 2.75) is 31.3 Å². The summed E-state index contributed by atoms with van der Waals surface area (Å²) in [5.74, 6) is 3.44. The zero-order valence-electron chi connectivity index (χ0n) is 16.5. The number of nitrogens with zero attached hydrogens (tertiary/aromatic N) is 2. The average Bonchev–Trinajstić information content (AvgIpc) is 3.51. The molecule has 1 saturated carbocycles. The fraction of sp³-hybridized carbons (Fsp3) is 0.435. The number of rotatable bonds is 5. The van der Waals surface area contributed by atoms with Crippen molar-refractivity contribution in [3.8, 4) is 5.75 Å². The number of para-hydroxylation sites is 1. The van der Waals surface area contributed by atoms with E-state index in [1.54, 1.807) is 0 Å². The number of piperidine rings is 1. The van der Waals surface area contributed by atoms with Gasteiger partial charge in [0, 0.05) is 39.5 Å². The van der Waals surface area contributed by atoms with Gasteiger partial charge < -0.3 is 15.0 Å². The summed E-state index contributed by atoms with van der Waals surface area (Å²) in [6, 6.07) is 21.0. The van der Waals surface area contributed by atoms with E-state index in [2.05, 4.69) is 45.5 Å². The molecule has 1 aliphatic carbocycles. The summed E-state index contributed by atoms with van der Waals surface area (Å²) < 4.78 is 6.10. The van der Waals surface area contributed by atoms with E-state index in [1.165, 1.54) is 12.0 Å². The van der Waals surface area contributed by atoms with E-state index in [0.717, 1.165) is 50.1 Å². The number of hydrogen-bond acceptors (Lipinski definition) is 2. The van der Waals surface area contributed by atoms with Gasteiger partial charge in [-0.05, 0) is 36.0 Å². The summed E-state index contributed by atoms with van der Waals surface area (Å²) in [4.78, 5) is 6.87. The lowest BCUT2D eigenvalue weighted by Gasteiger charge is -2.34. The number of halogens is 1. The average molecular weight is 491 g/mol. The van der Waals surface area contributed by atoms with E-state index in [9.17, 15) is 0 Å². The van der Waals surface area contributed by atoms with Gasteiger partial charge in [-0.15, -0.1) is 24.0 Å². The molecule has 1 N–H and O–H groups in total. The van der Waals surface area contributed by atoms with Crippen LogP contribution in [0.25, 0.3) is 0 Å². The minimum Gasteiger partial charge on any atom is -0.490 e. The number of ether oxygens (including phenoxy) is 1. The molecule has 2 aliphatic rings. The molecule has 2 atom stereocenters. The second-order valence-corrected chi connectivity index (χ2v) is 7.56. The Kier molecular flexibility index (Phi) is 7.59. The van der Waals surface area contributed by atoms with Crippen molar-refractivity contribution in [3.05, 3.63) is 66.2 Å². The Morgan fingerprint density at radius 3 is 2.32 bits per heavy atom. The lowest BCUT2D eigenvalue weighted by atomic mass is 10.1. The Hall–Kier alpha value is -1.76. The smallest absolute Gasteiger partial charge is 0.193 e. The van der Waals surface area contributed by atoms with Crippen LogP contribution in [0.1, 0.15) is 30.7 Å². The quantitative estimate of drug-likeness (QED) is 0.380. The Labute approximate surface area is 185 Å². The summed E-state index contributed by atoms with van der Waals surface area (Å²) in [7, 11) is 1.89.